The molecule has 0 spiro atoms. The SMILES string of the molecule is CN(C)N=Cc1ccc(C(=O)NC(=O)C(F)(F)F)o1. The summed E-state index contributed by atoms with van der Waals surface area (Å²) in [5.41, 5.74) is 0. The van der Waals surface area contributed by atoms with Crippen LogP contribution in [0.3, 0.4) is 0 Å². The lowest BCUT2D eigenvalue weighted by molar-refractivity contribution is -0.172. The Morgan fingerprint density at radius 1 is 1.37 bits per heavy atom. The monoisotopic (exact) mass is 277 g/mol. The molecule has 1 N–H and O–H groups in total. The Labute approximate surface area is 105 Å². The molecule has 1 rings (SSSR count). The van der Waals surface area contributed by atoms with Crippen LogP contribution < -0.4 is 5.32 Å². The highest BCUT2D eigenvalue weighted by Gasteiger charge is 2.40. The van der Waals surface area contributed by atoms with E-state index in [2.05, 4.69) is 5.10 Å². The van der Waals surface area contributed by atoms with E-state index in [0.29, 0.717) is 0 Å². The van der Waals surface area contributed by atoms with Crippen molar-refractivity contribution in [2.45, 2.75) is 6.18 Å². The summed E-state index contributed by atoms with van der Waals surface area (Å²) in [4.78, 5) is 21.8. The van der Waals surface area contributed by atoms with E-state index in [9.17, 15) is 22.8 Å². The Kier molecular flexibility index (Phi) is 4.30. The molecule has 6 nitrogen and oxygen atoms in total. The Morgan fingerprint density at radius 2 is 2.00 bits per heavy atom. The number of hydrazone groups is 1. The predicted octanol–water partition coefficient (Wildman–Crippen LogP) is 0.994. The topological polar surface area (TPSA) is 74.9 Å². The lowest BCUT2D eigenvalue weighted by Crippen LogP contribution is -2.40. The Morgan fingerprint density at radius 3 is 2.53 bits per heavy atom. The van der Waals surface area contributed by atoms with Gasteiger partial charge in [-0.3, -0.25) is 14.9 Å². The molecule has 0 saturated heterocycles. The summed E-state index contributed by atoms with van der Waals surface area (Å²) in [6.45, 7) is 0. The van der Waals surface area contributed by atoms with Gasteiger partial charge in [0.1, 0.15) is 5.76 Å². The molecule has 0 aliphatic rings. The van der Waals surface area contributed by atoms with E-state index < -0.39 is 23.8 Å². The van der Waals surface area contributed by atoms with E-state index in [0.717, 1.165) is 11.4 Å². The summed E-state index contributed by atoms with van der Waals surface area (Å²) in [5.74, 6) is -3.87. The van der Waals surface area contributed by atoms with E-state index in [4.69, 9.17) is 4.42 Å². The van der Waals surface area contributed by atoms with Gasteiger partial charge in [0.25, 0.3) is 5.91 Å². The van der Waals surface area contributed by atoms with Crippen molar-refractivity contribution >= 4 is 18.0 Å². The lowest BCUT2D eigenvalue weighted by Gasteiger charge is -2.04. The van der Waals surface area contributed by atoms with Crippen molar-refractivity contribution in [2.75, 3.05) is 14.1 Å². The number of hydrogen-bond acceptors (Lipinski definition) is 5. The first-order chi connectivity index (χ1) is 8.70. The van der Waals surface area contributed by atoms with Gasteiger partial charge in [0.2, 0.25) is 0 Å². The molecule has 104 valence electrons. The number of nitrogens with zero attached hydrogens (tertiary/aromatic N) is 2. The Hall–Kier alpha value is -2.32. The van der Waals surface area contributed by atoms with Gasteiger partial charge in [0.05, 0.1) is 6.21 Å². The van der Waals surface area contributed by atoms with Crippen molar-refractivity contribution in [3.63, 3.8) is 0 Å². The molecular weight excluding hydrogens is 267 g/mol. The maximum absolute atomic E-state index is 11.9. The number of imide groups is 1. The predicted molar refractivity (Wildman–Crippen MR) is 58.5 cm³/mol. The molecule has 9 heteroatoms. The number of hydrogen-bond donors (Lipinski definition) is 1. The van der Waals surface area contributed by atoms with E-state index >= 15 is 0 Å². The van der Waals surface area contributed by atoms with E-state index in [-0.39, 0.29) is 5.76 Å². The van der Waals surface area contributed by atoms with Gasteiger partial charge in [-0.25, -0.2) is 0 Å². The van der Waals surface area contributed by atoms with Gasteiger partial charge in [-0.2, -0.15) is 18.3 Å². The molecule has 0 aromatic carbocycles. The van der Waals surface area contributed by atoms with Crippen LogP contribution in [0.5, 0.6) is 0 Å². The second-order valence-electron chi connectivity index (χ2n) is 3.57. The summed E-state index contributed by atoms with van der Waals surface area (Å²) < 4.78 is 40.7. The Bertz CT molecular complexity index is 506. The van der Waals surface area contributed by atoms with Crippen molar-refractivity contribution in [3.05, 3.63) is 23.7 Å². The molecule has 0 aliphatic heterocycles. The summed E-state index contributed by atoms with van der Waals surface area (Å²) >= 11 is 0. The molecular formula is C10H10F3N3O3. The third-order valence-electron chi connectivity index (χ3n) is 1.75. The number of carbonyl (C=O) groups excluding carboxylic acids is 2. The summed E-state index contributed by atoms with van der Waals surface area (Å²) in [7, 11) is 3.30. The highest BCUT2D eigenvalue weighted by atomic mass is 19.4. The number of carbonyl (C=O) groups is 2. The van der Waals surface area contributed by atoms with Crippen LogP contribution in [0.15, 0.2) is 21.7 Å². The van der Waals surface area contributed by atoms with Crippen LogP contribution in [0.1, 0.15) is 16.3 Å². The molecule has 2 amide bonds. The number of rotatable bonds is 3. The van der Waals surface area contributed by atoms with Crippen LogP contribution in [-0.2, 0) is 4.79 Å². The van der Waals surface area contributed by atoms with Gasteiger partial charge in [0.15, 0.2) is 5.76 Å². The maximum Gasteiger partial charge on any atom is 0.471 e. The maximum atomic E-state index is 11.9. The van der Waals surface area contributed by atoms with Gasteiger partial charge in [-0.1, -0.05) is 0 Å². The minimum atomic E-state index is -5.13. The molecule has 1 aromatic rings. The number of amides is 2. The normalized spacial score (nSPS) is 11.6. The zero-order valence-corrected chi connectivity index (χ0v) is 9.99. The van der Waals surface area contributed by atoms with Crippen molar-refractivity contribution < 1.29 is 27.2 Å². The number of halogens is 3. The molecule has 1 heterocycles. The molecule has 0 atom stereocenters. The fraction of sp³-hybridized carbons (Fsp3) is 0.300. The average molecular weight is 277 g/mol. The standard InChI is InChI=1S/C10H10F3N3O3/c1-16(2)14-5-6-3-4-7(19-6)8(17)15-9(18)10(11,12)13/h3-5H,1-2H3,(H,15,17,18). The van der Waals surface area contributed by atoms with Gasteiger partial charge in [0, 0.05) is 14.1 Å². The van der Waals surface area contributed by atoms with Crippen LogP contribution in [0, 0.1) is 0 Å². The zero-order valence-electron chi connectivity index (χ0n) is 9.99. The first-order valence-electron chi connectivity index (χ1n) is 4.94. The highest BCUT2D eigenvalue weighted by molar-refractivity contribution is 6.05. The molecule has 0 bridgehead atoms. The van der Waals surface area contributed by atoms with E-state index in [1.807, 2.05) is 0 Å². The fourth-order valence-corrected chi connectivity index (χ4v) is 0.952. The summed E-state index contributed by atoms with van der Waals surface area (Å²) in [5, 5.41) is 6.42. The third kappa shape index (κ3) is 4.45. The molecule has 0 radical (unpaired) electrons. The van der Waals surface area contributed by atoms with Crippen molar-refractivity contribution in [1.82, 2.24) is 10.3 Å². The fourth-order valence-electron chi connectivity index (χ4n) is 0.952. The first kappa shape index (κ1) is 14.7. The van der Waals surface area contributed by atoms with Gasteiger partial charge in [-0.15, -0.1) is 0 Å². The quantitative estimate of drug-likeness (QED) is 0.660. The number of nitrogens with one attached hydrogen (secondary N) is 1. The van der Waals surface area contributed by atoms with Crippen LogP contribution in [0.25, 0.3) is 0 Å². The summed E-state index contributed by atoms with van der Waals surface area (Å²) in [6.07, 6.45) is -3.86. The van der Waals surface area contributed by atoms with E-state index in [1.54, 1.807) is 14.1 Å². The average Bonchev–Trinajstić information content (AvgIpc) is 2.73. The minimum Gasteiger partial charge on any atom is -0.450 e. The second kappa shape index (κ2) is 5.55. The van der Waals surface area contributed by atoms with Crippen molar-refractivity contribution in [3.8, 4) is 0 Å². The molecule has 0 aliphatic carbocycles. The molecule has 0 fully saturated rings. The van der Waals surface area contributed by atoms with Gasteiger partial charge in [-0.05, 0) is 12.1 Å². The lowest BCUT2D eigenvalue weighted by atomic mass is 10.4. The van der Waals surface area contributed by atoms with Gasteiger partial charge >= 0.3 is 12.1 Å². The minimum absolute atomic E-state index is 0.165. The van der Waals surface area contributed by atoms with Crippen molar-refractivity contribution in [1.29, 1.82) is 0 Å². The van der Waals surface area contributed by atoms with Crippen LogP contribution in [-0.4, -0.2) is 43.3 Å². The van der Waals surface area contributed by atoms with Gasteiger partial charge < -0.3 is 9.43 Å². The largest absolute Gasteiger partial charge is 0.471 e. The zero-order chi connectivity index (χ0) is 14.6. The van der Waals surface area contributed by atoms with Crippen LogP contribution >= 0.6 is 0 Å². The van der Waals surface area contributed by atoms with Crippen molar-refractivity contribution in [2.24, 2.45) is 5.10 Å². The second-order valence-corrected chi connectivity index (χ2v) is 3.57. The Balaban J connectivity index is 2.72. The third-order valence-corrected chi connectivity index (χ3v) is 1.75. The number of alkyl halides is 3. The number of furan rings is 1. The van der Waals surface area contributed by atoms with Crippen LogP contribution in [0.4, 0.5) is 13.2 Å². The smallest absolute Gasteiger partial charge is 0.450 e. The summed E-state index contributed by atoms with van der Waals surface area (Å²) in [6, 6.07) is 2.47. The van der Waals surface area contributed by atoms with Crippen LogP contribution in [0.2, 0.25) is 0 Å². The molecule has 19 heavy (non-hydrogen) atoms. The van der Waals surface area contributed by atoms with E-state index in [1.165, 1.54) is 17.3 Å². The molecule has 1 aromatic heterocycles. The molecule has 0 unspecified atom stereocenters. The highest BCUT2D eigenvalue weighted by Crippen LogP contribution is 2.15. The molecule has 0 saturated carbocycles. The first-order valence-corrected chi connectivity index (χ1v) is 4.94.